The molecule has 0 aliphatic rings. The lowest BCUT2D eigenvalue weighted by Crippen LogP contribution is -2.03. The van der Waals surface area contributed by atoms with Gasteiger partial charge in [-0.2, -0.15) is 4.98 Å². The molecule has 0 bridgehead atoms. The molecular weight excluding hydrogens is 777 g/mol. The van der Waals surface area contributed by atoms with Crippen LogP contribution in [0.15, 0.2) is 199 Å². The number of aromatic nitrogens is 8. The first kappa shape index (κ1) is 35.0. The molecule has 294 valence electrons. The fraction of sp³-hybridized carbons (Fsp3) is 0. The second-order valence-corrected chi connectivity index (χ2v) is 15.6. The predicted molar refractivity (Wildman–Crippen MR) is 251 cm³/mol. The zero-order valence-corrected chi connectivity index (χ0v) is 33.5. The predicted octanol–water partition coefficient (Wildman–Crippen LogP) is 12.8. The number of furan rings is 1. The first-order valence-electron chi connectivity index (χ1n) is 20.8. The van der Waals surface area contributed by atoms with Gasteiger partial charge in [-0.1, -0.05) is 109 Å². The third kappa shape index (κ3) is 5.64. The Kier molecular flexibility index (Phi) is 7.70. The Bertz CT molecular complexity index is 3870. The Morgan fingerprint density at radius 1 is 0.365 bits per heavy atom. The fourth-order valence-electron chi connectivity index (χ4n) is 9.06. The molecule has 13 rings (SSSR count). The summed E-state index contributed by atoms with van der Waals surface area (Å²) in [5.74, 6) is 2.60. The SMILES string of the molecule is c1ccc(-c2cc(-n3c4ccccc4c4cc(-c5ccc6c(c5)c5ccccc5n6-c5ncnc(-c6ccc7oc8cccnc8c7c6)n5)ccc43)nc(-c3ccccc3)n2)cc1. The minimum atomic E-state index is 0.541. The molecule has 6 aromatic heterocycles. The van der Waals surface area contributed by atoms with Gasteiger partial charge in [0.05, 0.1) is 27.8 Å². The van der Waals surface area contributed by atoms with Gasteiger partial charge in [-0.05, 0) is 77.9 Å². The maximum absolute atomic E-state index is 6.03. The van der Waals surface area contributed by atoms with Crippen molar-refractivity contribution in [2.75, 3.05) is 0 Å². The number of hydrogen-bond acceptors (Lipinski definition) is 7. The largest absolute Gasteiger partial charge is 0.454 e. The number of para-hydroxylation sites is 2. The molecule has 0 amide bonds. The summed E-state index contributed by atoms with van der Waals surface area (Å²) >= 11 is 0. The number of pyridine rings is 1. The number of nitrogens with zero attached hydrogens (tertiary/aromatic N) is 8. The Balaban J connectivity index is 0.938. The monoisotopic (exact) mass is 808 g/mol. The molecule has 9 heteroatoms. The molecule has 63 heavy (non-hydrogen) atoms. The van der Waals surface area contributed by atoms with Gasteiger partial charge in [0, 0.05) is 55.9 Å². The maximum Gasteiger partial charge on any atom is 0.238 e. The van der Waals surface area contributed by atoms with Crippen LogP contribution in [-0.2, 0) is 0 Å². The topological polar surface area (TPSA) is 100 Å². The lowest BCUT2D eigenvalue weighted by atomic mass is 10.0. The van der Waals surface area contributed by atoms with Gasteiger partial charge in [-0.3, -0.25) is 14.1 Å². The van der Waals surface area contributed by atoms with Crippen LogP contribution in [0.5, 0.6) is 0 Å². The van der Waals surface area contributed by atoms with Crippen molar-refractivity contribution < 1.29 is 4.42 Å². The summed E-state index contributed by atoms with van der Waals surface area (Å²) in [4.78, 5) is 29.2. The zero-order valence-electron chi connectivity index (χ0n) is 33.5. The van der Waals surface area contributed by atoms with Gasteiger partial charge in [0.15, 0.2) is 17.2 Å². The highest BCUT2D eigenvalue weighted by molar-refractivity contribution is 6.12. The summed E-state index contributed by atoms with van der Waals surface area (Å²) in [7, 11) is 0. The highest BCUT2D eigenvalue weighted by Gasteiger charge is 2.20. The van der Waals surface area contributed by atoms with E-state index in [0.717, 1.165) is 105 Å². The van der Waals surface area contributed by atoms with Crippen molar-refractivity contribution in [2.45, 2.75) is 0 Å². The van der Waals surface area contributed by atoms with Crippen molar-refractivity contribution in [1.82, 2.24) is 39.0 Å². The minimum Gasteiger partial charge on any atom is -0.454 e. The average Bonchev–Trinajstić information content (AvgIpc) is 4.01. The minimum absolute atomic E-state index is 0.541. The molecular formula is C54H32N8O. The van der Waals surface area contributed by atoms with Gasteiger partial charge in [0.1, 0.15) is 23.2 Å². The van der Waals surface area contributed by atoms with Gasteiger partial charge in [0.25, 0.3) is 0 Å². The fourth-order valence-corrected chi connectivity index (χ4v) is 9.06. The molecule has 0 aliphatic heterocycles. The molecule has 0 radical (unpaired) electrons. The van der Waals surface area contributed by atoms with Crippen LogP contribution < -0.4 is 0 Å². The second-order valence-electron chi connectivity index (χ2n) is 15.6. The van der Waals surface area contributed by atoms with E-state index in [-0.39, 0.29) is 0 Å². The van der Waals surface area contributed by atoms with E-state index in [2.05, 4.69) is 134 Å². The highest BCUT2D eigenvalue weighted by Crippen LogP contribution is 2.39. The lowest BCUT2D eigenvalue weighted by molar-refractivity contribution is 0.668. The van der Waals surface area contributed by atoms with E-state index in [0.29, 0.717) is 17.6 Å². The third-order valence-corrected chi connectivity index (χ3v) is 12.0. The van der Waals surface area contributed by atoms with E-state index in [1.807, 2.05) is 66.7 Å². The van der Waals surface area contributed by atoms with Crippen LogP contribution in [0.3, 0.4) is 0 Å². The Labute approximate surface area is 359 Å². The second kappa shape index (κ2) is 13.9. The summed E-state index contributed by atoms with van der Waals surface area (Å²) in [5, 5.41) is 5.42. The summed E-state index contributed by atoms with van der Waals surface area (Å²) < 4.78 is 10.4. The van der Waals surface area contributed by atoms with Crippen molar-refractivity contribution >= 4 is 65.7 Å². The third-order valence-electron chi connectivity index (χ3n) is 12.0. The summed E-state index contributed by atoms with van der Waals surface area (Å²) in [6.45, 7) is 0. The van der Waals surface area contributed by atoms with Crippen molar-refractivity contribution in [1.29, 1.82) is 0 Å². The first-order chi connectivity index (χ1) is 31.2. The van der Waals surface area contributed by atoms with E-state index in [9.17, 15) is 0 Å². The highest BCUT2D eigenvalue weighted by atomic mass is 16.3. The summed E-state index contributed by atoms with van der Waals surface area (Å²) in [6.07, 6.45) is 3.36. The molecule has 0 saturated carbocycles. The van der Waals surface area contributed by atoms with E-state index < -0.39 is 0 Å². The molecule has 0 unspecified atom stereocenters. The van der Waals surface area contributed by atoms with Crippen molar-refractivity contribution in [3.8, 4) is 56.9 Å². The molecule has 6 heterocycles. The smallest absolute Gasteiger partial charge is 0.238 e. The Morgan fingerprint density at radius 2 is 0.984 bits per heavy atom. The van der Waals surface area contributed by atoms with Crippen molar-refractivity contribution in [2.24, 2.45) is 0 Å². The number of hydrogen-bond donors (Lipinski definition) is 0. The van der Waals surface area contributed by atoms with E-state index >= 15 is 0 Å². The van der Waals surface area contributed by atoms with Crippen LogP contribution in [0, 0.1) is 0 Å². The normalized spacial score (nSPS) is 11.8. The van der Waals surface area contributed by atoms with Crippen molar-refractivity contribution in [3.05, 3.63) is 195 Å². The van der Waals surface area contributed by atoms with Gasteiger partial charge in [0.2, 0.25) is 5.95 Å². The number of rotatable bonds is 6. The molecule has 0 saturated heterocycles. The standard InChI is InChI=1S/C54H32N8O/c1-3-12-33(13-4-1)43-31-50(59-53(58-43)34-14-5-2-6-15-34)61-44-18-9-7-16-38(44)40-28-35(21-24-46(40)61)36-22-25-47-41(29-36)39-17-8-10-19-45(39)62(47)54-57-32-56-52(60-54)37-23-26-48-42(30-37)51-49(63-48)20-11-27-55-51/h1-32H. The maximum atomic E-state index is 6.03. The van der Waals surface area contributed by atoms with Crippen LogP contribution in [0.2, 0.25) is 0 Å². The quantitative estimate of drug-likeness (QED) is 0.165. The number of fused-ring (bicyclic) bond motifs is 9. The van der Waals surface area contributed by atoms with E-state index in [1.54, 1.807) is 12.5 Å². The van der Waals surface area contributed by atoms with Gasteiger partial charge in [-0.15, -0.1) is 0 Å². The van der Waals surface area contributed by atoms with Gasteiger partial charge >= 0.3 is 0 Å². The average molecular weight is 809 g/mol. The van der Waals surface area contributed by atoms with Crippen molar-refractivity contribution in [3.63, 3.8) is 0 Å². The summed E-state index contributed by atoms with van der Waals surface area (Å²) in [6, 6.07) is 62.7. The molecule has 0 spiro atoms. The molecule has 9 nitrogen and oxygen atoms in total. The van der Waals surface area contributed by atoms with Crippen LogP contribution in [0.4, 0.5) is 0 Å². The van der Waals surface area contributed by atoms with E-state index in [4.69, 9.17) is 24.4 Å². The number of benzene rings is 7. The van der Waals surface area contributed by atoms with Gasteiger partial charge < -0.3 is 4.42 Å². The van der Waals surface area contributed by atoms with Crippen LogP contribution in [-0.4, -0.2) is 39.0 Å². The van der Waals surface area contributed by atoms with Crippen LogP contribution in [0.25, 0.3) is 123 Å². The zero-order chi connectivity index (χ0) is 41.4. The van der Waals surface area contributed by atoms with Crippen LogP contribution in [0.1, 0.15) is 0 Å². The molecule has 0 fully saturated rings. The van der Waals surface area contributed by atoms with Crippen LogP contribution >= 0.6 is 0 Å². The molecule has 13 aromatic rings. The molecule has 7 aromatic carbocycles. The first-order valence-corrected chi connectivity index (χ1v) is 20.8. The molecule has 0 N–H and O–H groups in total. The van der Waals surface area contributed by atoms with Gasteiger partial charge in [-0.25, -0.2) is 19.9 Å². The molecule has 0 aliphatic carbocycles. The Morgan fingerprint density at radius 3 is 1.73 bits per heavy atom. The van der Waals surface area contributed by atoms with E-state index in [1.165, 1.54) is 0 Å². The lowest BCUT2D eigenvalue weighted by Gasteiger charge is -2.12. The molecule has 0 atom stereocenters. The summed E-state index contributed by atoms with van der Waals surface area (Å²) in [5.41, 5.74) is 12.4. The Hall–Kier alpha value is -8.82.